The number of fused-ring (bicyclic) bond motifs is 2. The largest absolute Gasteiger partial charge is 0.343 e. The van der Waals surface area contributed by atoms with E-state index < -0.39 is 0 Å². The van der Waals surface area contributed by atoms with Crippen molar-refractivity contribution < 1.29 is 9.59 Å². The summed E-state index contributed by atoms with van der Waals surface area (Å²) >= 11 is 0. The van der Waals surface area contributed by atoms with E-state index in [0.29, 0.717) is 12.3 Å². The first-order valence-corrected chi connectivity index (χ1v) is 11.5. The highest BCUT2D eigenvalue weighted by atomic mass is 16.2. The molecular weight excluding hydrogens is 362 g/mol. The van der Waals surface area contributed by atoms with Crippen LogP contribution in [0.4, 0.5) is 4.79 Å². The van der Waals surface area contributed by atoms with Gasteiger partial charge >= 0.3 is 6.03 Å². The van der Waals surface area contributed by atoms with Crippen LogP contribution in [0.5, 0.6) is 0 Å². The molecule has 1 aromatic carbocycles. The van der Waals surface area contributed by atoms with E-state index >= 15 is 0 Å². The summed E-state index contributed by atoms with van der Waals surface area (Å²) < 4.78 is 0. The normalized spacial score (nSPS) is 22.8. The summed E-state index contributed by atoms with van der Waals surface area (Å²) in [4.78, 5) is 31.6. The number of benzene rings is 1. The smallest absolute Gasteiger partial charge is 0.319 e. The topological polar surface area (TPSA) is 43.9 Å². The zero-order valence-corrected chi connectivity index (χ0v) is 18.0. The summed E-state index contributed by atoms with van der Waals surface area (Å²) in [5, 5.41) is 0. The molecule has 2 saturated heterocycles. The molecule has 0 N–H and O–H groups in total. The SMILES string of the molecule is CCN(CC)C(=O)C[C@H]1CC2(CCN(C(=O)N3CCCC3)CC2)c2ccccc21. The van der Waals surface area contributed by atoms with Crippen molar-refractivity contribution in [1.29, 1.82) is 0 Å². The zero-order chi connectivity index (χ0) is 20.4. The second-order valence-electron chi connectivity index (χ2n) is 9.00. The Kier molecular flexibility index (Phi) is 5.84. The number of likely N-dealkylation sites (tertiary alicyclic amines) is 2. The second-order valence-corrected chi connectivity index (χ2v) is 9.00. The van der Waals surface area contributed by atoms with Crippen LogP contribution >= 0.6 is 0 Å². The lowest BCUT2D eigenvalue weighted by Gasteiger charge is -2.41. The van der Waals surface area contributed by atoms with Crippen molar-refractivity contribution in [3.63, 3.8) is 0 Å². The molecule has 158 valence electrons. The minimum Gasteiger partial charge on any atom is -0.343 e. The number of carbonyl (C=O) groups excluding carboxylic acids is 2. The van der Waals surface area contributed by atoms with Gasteiger partial charge in [-0.15, -0.1) is 0 Å². The van der Waals surface area contributed by atoms with Gasteiger partial charge in [-0.2, -0.15) is 0 Å². The molecular formula is C24H35N3O2. The van der Waals surface area contributed by atoms with Gasteiger partial charge in [-0.25, -0.2) is 4.79 Å². The van der Waals surface area contributed by atoms with Gasteiger partial charge in [0.1, 0.15) is 0 Å². The van der Waals surface area contributed by atoms with Gasteiger partial charge < -0.3 is 14.7 Å². The van der Waals surface area contributed by atoms with Crippen molar-refractivity contribution >= 4 is 11.9 Å². The second kappa shape index (κ2) is 8.37. The highest BCUT2D eigenvalue weighted by Gasteiger charge is 2.46. The summed E-state index contributed by atoms with van der Waals surface area (Å²) in [6.45, 7) is 9.17. The summed E-state index contributed by atoms with van der Waals surface area (Å²) in [6.07, 6.45) is 5.96. The van der Waals surface area contributed by atoms with Crippen LogP contribution in [0, 0.1) is 0 Å². The average Bonchev–Trinajstić information content (AvgIpc) is 3.37. The Morgan fingerprint density at radius 1 is 1.00 bits per heavy atom. The maximum Gasteiger partial charge on any atom is 0.319 e. The molecule has 2 heterocycles. The van der Waals surface area contributed by atoms with Crippen LogP contribution in [-0.2, 0) is 10.2 Å². The quantitative estimate of drug-likeness (QED) is 0.771. The summed E-state index contributed by atoms with van der Waals surface area (Å²) in [7, 11) is 0. The lowest BCUT2D eigenvalue weighted by molar-refractivity contribution is -0.131. The molecule has 0 aromatic heterocycles. The van der Waals surface area contributed by atoms with Gasteiger partial charge in [0.25, 0.3) is 0 Å². The van der Waals surface area contributed by atoms with E-state index in [1.165, 1.54) is 11.1 Å². The number of rotatable bonds is 4. The minimum atomic E-state index is 0.132. The molecule has 29 heavy (non-hydrogen) atoms. The highest BCUT2D eigenvalue weighted by Crippen LogP contribution is 2.52. The number of piperidine rings is 1. The van der Waals surface area contributed by atoms with Crippen LogP contribution in [0.3, 0.4) is 0 Å². The molecule has 3 amide bonds. The molecule has 1 aliphatic carbocycles. The molecule has 5 heteroatoms. The Morgan fingerprint density at radius 3 is 2.28 bits per heavy atom. The molecule has 2 aliphatic heterocycles. The van der Waals surface area contributed by atoms with E-state index in [1.807, 2.05) is 9.80 Å². The standard InChI is InChI=1S/C24H35N3O2/c1-3-25(4-2)22(28)17-19-18-24(21-10-6-5-9-20(19)21)11-15-27(16-12-24)23(29)26-13-7-8-14-26/h5-6,9-10,19H,3-4,7-8,11-18H2,1-2H3/t19-/m0/s1. The molecule has 0 saturated carbocycles. The molecule has 5 nitrogen and oxygen atoms in total. The van der Waals surface area contributed by atoms with Gasteiger partial charge in [-0.3, -0.25) is 4.79 Å². The molecule has 0 bridgehead atoms. The van der Waals surface area contributed by atoms with Gasteiger partial charge in [-0.1, -0.05) is 24.3 Å². The highest BCUT2D eigenvalue weighted by molar-refractivity contribution is 5.77. The molecule has 1 aromatic rings. The molecule has 3 aliphatic rings. The van der Waals surface area contributed by atoms with Gasteiger partial charge in [0, 0.05) is 45.7 Å². The Morgan fingerprint density at radius 2 is 1.62 bits per heavy atom. The maximum absolute atomic E-state index is 12.8. The van der Waals surface area contributed by atoms with Gasteiger partial charge in [0.15, 0.2) is 0 Å². The predicted molar refractivity (Wildman–Crippen MR) is 115 cm³/mol. The number of amides is 3. The van der Waals surface area contributed by atoms with Crippen molar-refractivity contribution in [3.8, 4) is 0 Å². The van der Waals surface area contributed by atoms with Crippen molar-refractivity contribution in [2.45, 2.75) is 63.7 Å². The van der Waals surface area contributed by atoms with Crippen molar-refractivity contribution in [1.82, 2.24) is 14.7 Å². The van der Waals surface area contributed by atoms with E-state index in [9.17, 15) is 9.59 Å². The van der Waals surface area contributed by atoms with Crippen molar-refractivity contribution in [2.24, 2.45) is 0 Å². The Hall–Kier alpha value is -2.04. The van der Waals surface area contributed by atoms with E-state index in [4.69, 9.17) is 0 Å². The summed E-state index contributed by atoms with van der Waals surface area (Å²) in [5.41, 5.74) is 2.94. The first-order valence-electron chi connectivity index (χ1n) is 11.5. The number of nitrogens with zero attached hydrogens (tertiary/aromatic N) is 3. The van der Waals surface area contributed by atoms with Crippen LogP contribution in [0.2, 0.25) is 0 Å². The van der Waals surface area contributed by atoms with Gasteiger partial charge in [0.2, 0.25) is 5.91 Å². The van der Waals surface area contributed by atoms with Gasteiger partial charge in [-0.05, 0) is 68.4 Å². The van der Waals surface area contributed by atoms with Crippen LogP contribution in [0.25, 0.3) is 0 Å². The Labute approximate surface area is 175 Å². The summed E-state index contributed by atoms with van der Waals surface area (Å²) in [5.74, 6) is 0.577. The van der Waals surface area contributed by atoms with E-state index in [2.05, 4.69) is 43.0 Å². The van der Waals surface area contributed by atoms with E-state index in [-0.39, 0.29) is 17.4 Å². The minimum absolute atomic E-state index is 0.132. The third-order valence-electron chi connectivity index (χ3n) is 7.51. The monoisotopic (exact) mass is 397 g/mol. The fraction of sp³-hybridized carbons (Fsp3) is 0.667. The summed E-state index contributed by atoms with van der Waals surface area (Å²) in [6, 6.07) is 8.98. The fourth-order valence-corrected chi connectivity index (χ4v) is 5.83. The fourth-order valence-electron chi connectivity index (χ4n) is 5.83. The first kappa shape index (κ1) is 20.2. The van der Waals surface area contributed by atoms with Crippen LogP contribution in [0.15, 0.2) is 24.3 Å². The molecule has 0 unspecified atom stereocenters. The number of hydrogen-bond donors (Lipinski definition) is 0. The van der Waals surface area contributed by atoms with Crippen LogP contribution in [0.1, 0.15) is 69.4 Å². The van der Waals surface area contributed by atoms with Crippen LogP contribution < -0.4 is 0 Å². The van der Waals surface area contributed by atoms with E-state index in [0.717, 1.165) is 71.4 Å². The molecule has 4 rings (SSSR count). The lowest BCUT2D eigenvalue weighted by Crippen LogP contribution is -2.49. The Bertz CT molecular complexity index is 744. The maximum atomic E-state index is 12.8. The molecule has 0 radical (unpaired) electrons. The predicted octanol–water partition coefficient (Wildman–Crippen LogP) is 3.98. The van der Waals surface area contributed by atoms with Crippen molar-refractivity contribution in [2.75, 3.05) is 39.3 Å². The van der Waals surface area contributed by atoms with E-state index in [1.54, 1.807) is 0 Å². The lowest BCUT2D eigenvalue weighted by atomic mass is 9.73. The average molecular weight is 398 g/mol. The Balaban J connectivity index is 1.47. The third-order valence-corrected chi connectivity index (χ3v) is 7.51. The first-order chi connectivity index (χ1) is 14.1. The third kappa shape index (κ3) is 3.76. The number of hydrogen-bond acceptors (Lipinski definition) is 2. The molecule has 1 atom stereocenters. The van der Waals surface area contributed by atoms with Gasteiger partial charge in [0.05, 0.1) is 0 Å². The zero-order valence-electron chi connectivity index (χ0n) is 18.0. The molecule has 2 fully saturated rings. The number of urea groups is 1. The van der Waals surface area contributed by atoms with Crippen molar-refractivity contribution in [3.05, 3.63) is 35.4 Å². The molecule has 1 spiro atoms. The van der Waals surface area contributed by atoms with Crippen LogP contribution in [-0.4, -0.2) is 65.9 Å². The number of carbonyl (C=O) groups is 2.